The Morgan fingerprint density at radius 1 is 1.04 bits per heavy atom. The van der Waals surface area contributed by atoms with Gasteiger partial charge in [-0.2, -0.15) is 0 Å². The second-order valence-corrected chi connectivity index (χ2v) is 12.0. The predicted octanol–water partition coefficient (Wildman–Crippen LogP) is 4.77. The third-order valence-corrected chi connectivity index (χ3v) is 8.41. The maximum Gasteiger partial charge on any atom is 0.508 e. The molecule has 0 bridgehead atoms. The topological polar surface area (TPSA) is 207 Å². The Morgan fingerprint density at radius 3 is 2.42 bits per heavy atom. The molecule has 3 atom stereocenters. The molecular formula is C31H32N4O12S. The zero-order valence-electron chi connectivity index (χ0n) is 25.9. The summed E-state index contributed by atoms with van der Waals surface area (Å²) in [4.78, 5) is 73.7. The summed E-state index contributed by atoms with van der Waals surface area (Å²) in [5, 5.41) is 24.6. The van der Waals surface area contributed by atoms with Gasteiger partial charge in [0.1, 0.15) is 31.6 Å². The number of benzene rings is 2. The van der Waals surface area contributed by atoms with E-state index in [-0.39, 0.29) is 48.8 Å². The number of nitrogens with zero attached hydrogens (tertiary/aromatic N) is 3. The van der Waals surface area contributed by atoms with E-state index in [2.05, 4.69) is 11.9 Å². The fourth-order valence-electron chi connectivity index (χ4n) is 5.04. The van der Waals surface area contributed by atoms with Crippen molar-refractivity contribution in [1.29, 1.82) is 0 Å². The lowest BCUT2D eigenvalue weighted by atomic mass is 9.83. The van der Waals surface area contributed by atoms with Gasteiger partial charge < -0.3 is 29.2 Å². The van der Waals surface area contributed by atoms with E-state index < -0.39 is 58.6 Å². The number of carbonyl (C=O) groups is 4. The van der Waals surface area contributed by atoms with Crippen LogP contribution >= 0.6 is 11.8 Å². The van der Waals surface area contributed by atoms with Crippen molar-refractivity contribution in [3.05, 3.63) is 103 Å². The normalized spacial score (nSPS) is 17.0. The highest BCUT2D eigenvalue weighted by molar-refractivity contribution is 8.03. The van der Waals surface area contributed by atoms with Crippen LogP contribution in [0.4, 0.5) is 21.0 Å². The molecule has 4 rings (SSSR count). The second kappa shape index (κ2) is 15.9. The minimum absolute atomic E-state index is 0.0521. The fourth-order valence-corrected chi connectivity index (χ4v) is 6.10. The van der Waals surface area contributed by atoms with Gasteiger partial charge in [0.25, 0.3) is 11.4 Å². The van der Waals surface area contributed by atoms with E-state index in [1.165, 1.54) is 66.1 Å². The fraction of sp³-hybridized carbons (Fsp3) is 0.355. The monoisotopic (exact) mass is 684 g/mol. The van der Waals surface area contributed by atoms with Crippen molar-refractivity contribution in [2.45, 2.75) is 45.6 Å². The lowest BCUT2D eigenvalue weighted by Gasteiger charge is -2.45. The molecule has 2 heterocycles. The highest BCUT2D eigenvalue weighted by Gasteiger charge is 2.58. The number of nitro groups is 2. The molecule has 0 spiro atoms. The van der Waals surface area contributed by atoms with Crippen LogP contribution < -0.4 is 5.32 Å². The maximum absolute atomic E-state index is 13.3. The number of rotatable bonds is 15. The van der Waals surface area contributed by atoms with E-state index in [1.807, 2.05) is 0 Å². The van der Waals surface area contributed by atoms with E-state index in [0.717, 1.165) is 0 Å². The van der Waals surface area contributed by atoms with Crippen molar-refractivity contribution in [3.63, 3.8) is 0 Å². The van der Waals surface area contributed by atoms with Crippen LogP contribution in [0.2, 0.25) is 0 Å². The Morgan fingerprint density at radius 2 is 1.75 bits per heavy atom. The molecule has 1 saturated heterocycles. The number of carbonyl (C=O) groups excluding carboxylic acids is 4. The van der Waals surface area contributed by atoms with E-state index in [9.17, 15) is 39.4 Å². The number of ether oxygens (including phenoxy) is 4. The second-order valence-electron chi connectivity index (χ2n) is 10.8. The average molecular weight is 685 g/mol. The first-order chi connectivity index (χ1) is 22.9. The van der Waals surface area contributed by atoms with Crippen LogP contribution in [-0.2, 0) is 41.8 Å². The predicted molar refractivity (Wildman–Crippen MR) is 169 cm³/mol. The van der Waals surface area contributed by atoms with Crippen molar-refractivity contribution in [2.75, 3.05) is 18.9 Å². The molecule has 2 aromatic carbocycles. The summed E-state index contributed by atoms with van der Waals surface area (Å²) in [6.45, 7) is 6.51. The van der Waals surface area contributed by atoms with Crippen LogP contribution in [0.5, 0.6) is 0 Å². The number of hydrogen-bond acceptors (Lipinski definition) is 13. The minimum atomic E-state index is -1.11. The molecule has 2 aliphatic heterocycles. The number of para-hydroxylation sites is 1. The van der Waals surface area contributed by atoms with Crippen LogP contribution in [0.25, 0.3) is 0 Å². The molecule has 0 aliphatic carbocycles. The van der Waals surface area contributed by atoms with E-state index in [4.69, 9.17) is 18.9 Å². The van der Waals surface area contributed by atoms with Gasteiger partial charge in [0.05, 0.1) is 27.4 Å². The number of nitrogens with one attached hydrogen (secondary N) is 1. The number of thioether (sulfide) groups is 1. The van der Waals surface area contributed by atoms with Crippen LogP contribution in [0.3, 0.4) is 0 Å². The van der Waals surface area contributed by atoms with Gasteiger partial charge in [-0.3, -0.25) is 25.0 Å². The number of alkyl carbamates (subject to hydrolysis) is 1. The number of amides is 2. The van der Waals surface area contributed by atoms with Gasteiger partial charge in [-0.25, -0.2) is 14.4 Å². The van der Waals surface area contributed by atoms with Gasteiger partial charge in [-0.05, 0) is 43.2 Å². The molecule has 16 nitrogen and oxygen atoms in total. The molecule has 0 radical (unpaired) electrons. The van der Waals surface area contributed by atoms with Crippen LogP contribution in [-0.4, -0.2) is 69.9 Å². The van der Waals surface area contributed by atoms with Gasteiger partial charge in [0, 0.05) is 41.8 Å². The molecule has 0 aromatic heterocycles. The molecule has 254 valence electrons. The summed E-state index contributed by atoms with van der Waals surface area (Å²) < 4.78 is 20.9. The number of nitro benzene ring substituents is 2. The molecule has 17 heteroatoms. The Hall–Kier alpha value is -5.45. The molecule has 1 N–H and O–H groups in total. The molecule has 2 aromatic rings. The summed E-state index contributed by atoms with van der Waals surface area (Å²) in [5.41, 5.74) is 1.10. The zero-order valence-corrected chi connectivity index (χ0v) is 26.8. The van der Waals surface area contributed by atoms with Crippen molar-refractivity contribution in [2.24, 2.45) is 5.92 Å². The summed E-state index contributed by atoms with van der Waals surface area (Å²) in [6, 6.07) is 10.8. The molecular weight excluding hydrogens is 652 g/mol. The molecule has 2 unspecified atom stereocenters. The smallest absolute Gasteiger partial charge is 0.456 e. The van der Waals surface area contributed by atoms with Gasteiger partial charge >= 0.3 is 18.2 Å². The average Bonchev–Trinajstić information content (AvgIpc) is 3.37. The Bertz CT molecular complexity index is 1640. The third-order valence-electron chi connectivity index (χ3n) is 7.30. The first-order valence-electron chi connectivity index (χ1n) is 14.6. The van der Waals surface area contributed by atoms with Crippen LogP contribution in [0, 0.1) is 26.1 Å². The quantitative estimate of drug-likeness (QED) is 0.0511. The largest absolute Gasteiger partial charge is 0.508 e. The van der Waals surface area contributed by atoms with Gasteiger partial charge in [0.15, 0.2) is 0 Å². The van der Waals surface area contributed by atoms with Crippen molar-refractivity contribution in [1.82, 2.24) is 10.2 Å². The first-order valence-corrected chi connectivity index (χ1v) is 15.6. The van der Waals surface area contributed by atoms with Gasteiger partial charge in [-0.1, -0.05) is 18.7 Å². The highest BCUT2D eigenvalue weighted by Crippen LogP contribution is 2.47. The summed E-state index contributed by atoms with van der Waals surface area (Å²) in [5.74, 6) is -1.66. The van der Waals surface area contributed by atoms with Crippen molar-refractivity contribution < 1.29 is 48.0 Å². The SMILES string of the molecule is C=C(C)COC(=O)C1=C(SCCNC(=O)OCc2ccc([N+](=O)[O-])cc2)C[C@@H]2C(C(C)OC(=O)OCc3ccccc3[N+](=O)[O-])C(=O)N12. The lowest BCUT2D eigenvalue weighted by molar-refractivity contribution is -0.385. The molecule has 0 saturated carbocycles. The van der Waals surface area contributed by atoms with Crippen LogP contribution in [0.15, 0.2) is 71.3 Å². The van der Waals surface area contributed by atoms with Crippen molar-refractivity contribution >= 4 is 47.3 Å². The number of esters is 1. The number of fused-ring (bicyclic) bond motifs is 1. The number of β-lactam (4-membered cyclic amide) rings is 1. The highest BCUT2D eigenvalue weighted by atomic mass is 32.2. The van der Waals surface area contributed by atoms with Crippen LogP contribution in [0.1, 0.15) is 31.4 Å². The summed E-state index contributed by atoms with van der Waals surface area (Å²) in [6.07, 6.45) is -2.50. The third kappa shape index (κ3) is 8.67. The first kappa shape index (κ1) is 35.4. The molecule has 2 amide bonds. The molecule has 48 heavy (non-hydrogen) atoms. The lowest BCUT2D eigenvalue weighted by Crippen LogP contribution is -2.62. The summed E-state index contributed by atoms with van der Waals surface area (Å²) in [7, 11) is 0. The Labute approximate surface area is 278 Å². The van der Waals surface area contributed by atoms with E-state index in [1.54, 1.807) is 13.0 Å². The summed E-state index contributed by atoms with van der Waals surface area (Å²) >= 11 is 1.24. The van der Waals surface area contributed by atoms with E-state index >= 15 is 0 Å². The van der Waals surface area contributed by atoms with Crippen molar-refractivity contribution in [3.8, 4) is 0 Å². The van der Waals surface area contributed by atoms with E-state index in [0.29, 0.717) is 21.8 Å². The zero-order chi connectivity index (χ0) is 35.0. The number of hydrogen-bond donors (Lipinski definition) is 1. The minimum Gasteiger partial charge on any atom is -0.456 e. The molecule has 1 fully saturated rings. The van der Waals surface area contributed by atoms with Gasteiger partial charge in [-0.15, -0.1) is 11.8 Å². The maximum atomic E-state index is 13.3. The standard InChI is InChI=1S/C31H32N4O12S/c1-18(2)15-44-29(37)27-25(48-13-12-32-30(38)45-16-20-8-10-22(11-9-20)34(40)41)14-24-26(28(36)33(24)27)19(3)47-31(39)46-17-21-6-4-5-7-23(21)35(42)43/h4-11,19,24,26H,1,12-17H2,2-3H3,(H,32,38)/t19?,24-,26?/m1/s1. The Balaban J connectivity index is 1.31. The van der Waals surface area contributed by atoms with Gasteiger partial charge in [0.2, 0.25) is 5.91 Å². The molecule has 2 aliphatic rings. The Kier molecular flexibility index (Phi) is 11.7. The number of non-ortho nitro benzene ring substituents is 1.